The molecule has 0 aliphatic rings. The summed E-state index contributed by atoms with van der Waals surface area (Å²) in [4.78, 5) is 13.8. The standard InChI is InChI=1S/C15H22FNO/c1-11-8-12(10-13(16)9-11)14(18)17(5)7-6-15(2,3)4/h8-10H,6-7H2,1-5H3. The van der Waals surface area contributed by atoms with E-state index in [-0.39, 0.29) is 17.1 Å². The molecule has 100 valence electrons. The average molecular weight is 251 g/mol. The van der Waals surface area contributed by atoms with E-state index in [1.54, 1.807) is 24.9 Å². The van der Waals surface area contributed by atoms with Gasteiger partial charge in [0.25, 0.3) is 5.91 Å². The third kappa shape index (κ3) is 4.47. The lowest BCUT2D eigenvalue weighted by atomic mass is 9.92. The van der Waals surface area contributed by atoms with Gasteiger partial charge in [-0.25, -0.2) is 4.39 Å². The number of halogens is 1. The van der Waals surface area contributed by atoms with Gasteiger partial charge in [0.05, 0.1) is 0 Å². The zero-order valence-corrected chi connectivity index (χ0v) is 11.9. The topological polar surface area (TPSA) is 20.3 Å². The molecular weight excluding hydrogens is 229 g/mol. The van der Waals surface area contributed by atoms with E-state index >= 15 is 0 Å². The Morgan fingerprint density at radius 2 is 1.89 bits per heavy atom. The van der Waals surface area contributed by atoms with Gasteiger partial charge < -0.3 is 4.90 Å². The predicted molar refractivity (Wildman–Crippen MR) is 72.2 cm³/mol. The number of carbonyl (C=O) groups is 1. The van der Waals surface area contributed by atoms with Gasteiger partial charge >= 0.3 is 0 Å². The molecule has 0 aliphatic heterocycles. The summed E-state index contributed by atoms with van der Waals surface area (Å²) in [5.74, 6) is -0.482. The van der Waals surface area contributed by atoms with Gasteiger partial charge in [0.15, 0.2) is 0 Å². The average Bonchev–Trinajstić information content (AvgIpc) is 2.22. The molecule has 0 unspecified atom stereocenters. The second kappa shape index (κ2) is 5.51. The molecule has 0 N–H and O–H groups in total. The molecule has 0 radical (unpaired) electrons. The zero-order chi connectivity index (χ0) is 13.9. The lowest BCUT2D eigenvalue weighted by Gasteiger charge is -2.23. The minimum Gasteiger partial charge on any atom is -0.342 e. The van der Waals surface area contributed by atoms with Crippen LogP contribution in [0, 0.1) is 18.2 Å². The number of rotatable bonds is 3. The lowest BCUT2D eigenvalue weighted by Crippen LogP contribution is -2.30. The van der Waals surface area contributed by atoms with Crippen LogP contribution in [-0.4, -0.2) is 24.4 Å². The molecule has 0 saturated carbocycles. The van der Waals surface area contributed by atoms with E-state index < -0.39 is 0 Å². The molecular formula is C15H22FNO. The van der Waals surface area contributed by atoms with Crippen molar-refractivity contribution in [3.05, 3.63) is 35.1 Å². The van der Waals surface area contributed by atoms with Crippen molar-refractivity contribution >= 4 is 5.91 Å². The number of carbonyl (C=O) groups excluding carboxylic acids is 1. The highest BCUT2D eigenvalue weighted by Gasteiger charge is 2.16. The minimum absolute atomic E-state index is 0.123. The Balaban J connectivity index is 2.74. The summed E-state index contributed by atoms with van der Waals surface area (Å²) < 4.78 is 13.3. The van der Waals surface area contributed by atoms with E-state index in [1.807, 2.05) is 0 Å². The van der Waals surface area contributed by atoms with Gasteiger partial charge in [-0.15, -0.1) is 0 Å². The van der Waals surface area contributed by atoms with Crippen molar-refractivity contribution in [3.8, 4) is 0 Å². The molecule has 18 heavy (non-hydrogen) atoms. The first-order chi connectivity index (χ1) is 8.19. The number of benzene rings is 1. The second-order valence-electron chi connectivity index (χ2n) is 6.05. The predicted octanol–water partition coefficient (Wildman–Crippen LogP) is 3.64. The Labute approximate surface area is 109 Å². The van der Waals surface area contributed by atoms with Crippen molar-refractivity contribution in [1.82, 2.24) is 4.90 Å². The van der Waals surface area contributed by atoms with Gasteiger partial charge in [-0.2, -0.15) is 0 Å². The van der Waals surface area contributed by atoms with Crippen LogP contribution in [0.1, 0.15) is 43.1 Å². The summed E-state index contributed by atoms with van der Waals surface area (Å²) in [6.07, 6.45) is 0.920. The molecule has 1 amide bonds. The van der Waals surface area contributed by atoms with Crippen molar-refractivity contribution in [3.63, 3.8) is 0 Å². The Bertz CT molecular complexity index is 414. The molecule has 0 spiro atoms. The van der Waals surface area contributed by atoms with Crippen LogP contribution in [0.2, 0.25) is 0 Å². The molecule has 0 fully saturated rings. The maximum absolute atomic E-state index is 13.3. The lowest BCUT2D eigenvalue weighted by molar-refractivity contribution is 0.0780. The number of hydrogen-bond donors (Lipinski definition) is 0. The summed E-state index contributed by atoms with van der Waals surface area (Å²) in [5, 5.41) is 0. The van der Waals surface area contributed by atoms with E-state index in [1.165, 1.54) is 12.1 Å². The summed E-state index contributed by atoms with van der Waals surface area (Å²) in [5.41, 5.74) is 1.37. The van der Waals surface area contributed by atoms with Gasteiger partial charge in [0, 0.05) is 19.2 Å². The first kappa shape index (κ1) is 14.7. The van der Waals surface area contributed by atoms with Crippen LogP contribution in [0.25, 0.3) is 0 Å². The molecule has 1 aromatic rings. The van der Waals surface area contributed by atoms with Gasteiger partial charge in [0.1, 0.15) is 5.82 Å². The van der Waals surface area contributed by atoms with Crippen molar-refractivity contribution in [2.24, 2.45) is 5.41 Å². The number of aryl methyl sites for hydroxylation is 1. The molecule has 0 heterocycles. The summed E-state index contributed by atoms with van der Waals surface area (Å²) in [7, 11) is 1.76. The van der Waals surface area contributed by atoms with Gasteiger partial charge in [-0.1, -0.05) is 20.8 Å². The quantitative estimate of drug-likeness (QED) is 0.803. The number of amides is 1. The van der Waals surface area contributed by atoms with Crippen molar-refractivity contribution in [2.75, 3.05) is 13.6 Å². The molecule has 1 rings (SSSR count). The van der Waals surface area contributed by atoms with Crippen LogP contribution >= 0.6 is 0 Å². The molecule has 0 aliphatic carbocycles. The smallest absolute Gasteiger partial charge is 0.253 e. The molecule has 0 bridgehead atoms. The van der Waals surface area contributed by atoms with Gasteiger partial charge in [-0.3, -0.25) is 4.79 Å². The fourth-order valence-electron chi connectivity index (χ4n) is 1.68. The highest BCUT2D eigenvalue weighted by Crippen LogP contribution is 2.19. The molecule has 3 heteroatoms. The normalized spacial score (nSPS) is 11.4. The molecule has 0 saturated heterocycles. The Morgan fingerprint density at radius 3 is 2.39 bits per heavy atom. The first-order valence-electron chi connectivity index (χ1n) is 6.22. The molecule has 2 nitrogen and oxygen atoms in total. The van der Waals surface area contributed by atoms with Crippen LogP contribution in [-0.2, 0) is 0 Å². The summed E-state index contributed by atoms with van der Waals surface area (Å²) in [6, 6.07) is 4.44. The fraction of sp³-hybridized carbons (Fsp3) is 0.533. The van der Waals surface area contributed by atoms with Crippen LogP contribution in [0.5, 0.6) is 0 Å². The molecule has 0 aromatic heterocycles. The van der Waals surface area contributed by atoms with Gasteiger partial charge in [-0.05, 0) is 42.5 Å². The first-order valence-corrected chi connectivity index (χ1v) is 6.22. The largest absolute Gasteiger partial charge is 0.342 e. The number of nitrogens with zero attached hydrogens (tertiary/aromatic N) is 1. The maximum atomic E-state index is 13.3. The second-order valence-corrected chi connectivity index (χ2v) is 6.05. The van der Waals surface area contributed by atoms with Crippen LogP contribution in [0.3, 0.4) is 0 Å². The molecule has 0 atom stereocenters. The van der Waals surface area contributed by atoms with E-state index in [4.69, 9.17) is 0 Å². The van der Waals surface area contributed by atoms with Gasteiger partial charge in [0.2, 0.25) is 0 Å². The fourth-order valence-corrected chi connectivity index (χ4v) is 1.68. The van der Waals surface area contributed by atoms with Crippen molar-refractivity contribution in [1.29, 1.82) is 0 Å². The van der Waals surface area contributed by atoms with Crippen LogP contribution in [0.15, 0.2) is 18.2 Å². The van der Waals surface area contributed by atoms with Crippen LogP contribution in [0.4, 0.5) is 4.39 Å². The third-order valence-corrected chi connectivity index (χ3v) is 2.83. The Kier molecular flexibility index (Phi) is 4.49. The maximum Gasteiger partial charge on any atom is 0.253 e. The highest BCUT2D eigenvalue weighted by atomic mass is 19.1. The van der Waals surface area contributed by atoms with E-state index in [9.17, 15) is 9.18 Å². The van der Waals surface area contributed by atoms with Crippen molar-refractivity contribution in [2.45, 2.75) is 34.1 Å². The van der Waals surface area contributed by atoms with Crippen LogP contribution < -0.4 is 0 Å². The van der Waals surface area contributed by atoms with E-state index in [2.05, 4.69) is 20.8 Å². The molecule has 1 aromatic carbocycles. The SMILES string of the molecule is Cc1cc(F)cc(C(=O)N(C)CCC(C)(C)C)c1. The highest BCUT2D eigenvalue weighted by molar-refractivity contribution is 5.94. The monoisotopic (exact) mass is 251 g/mol. The Morgan fingerprint density at radius 1 is 1.28 bits per heavy atom. The minimum atomic E-state index is -0.359. The van der Waals surface area contributed by atoms with E-state index in [0.29, 0.717) is 12.1 Å². The zero-order valence-electron chi connectivity index (χ0n) is 11.9. The number of hydrogen-bond acceptors (Lipinski definition) is 1. The van der Waals surface area contributed by atoms with Crippen molar-refractivity contribution < 1.29 is 9.18 Å². The summed E-state index contributed by atoms with van der Waals surface area (Å²) in [6.45, 7) is 8.87. The van der Waals surface area contributed by atoms with E-state index in [0.717, 1.165) is 12.0 Å². The third-order valence-electron chi connectivity index (χ3n) is 2.83. The summed E-state index contributed by atoms with van der Waals surface area (Å²) >= 11 is 0. The Hall–Kier alpha value is -1.38.